The van der Waals surface area contributed by atoms with Gasteiger partial charge in [-0.15, -0.1) is 0 Å². The van der Waals surface area contributed by atoms with Crippen molar-refractivity contribution < 1.29 is 24.3 Å². The van der Waals surface area contributed by atoms with Gasteiger partial charge in [0.25, 0.3) is 0 Å². The number of carboxylic acid groups (broad SMARTS) is 1. The summed E-state index contributed by atoms with van der Waals surface area (Å²) in [6.07, 6.45) is -0.565. The van der Waals surface area contributed by atoms with Crippen molar-refractivity contribution in [3.05, 3.63) is 29.3 Å². The number of carboxylic acids is 1. The highest BCUT2D eigenvalue weighted by Gasteiger charge is 2.18. The molecule has 9 nitrogen and oxygen atoms in total. The number of rotatable bonds is 6. The summed E-state index contributed by atoms with van der Waals surface area (Å²) >= 11 is 0. The second kappa shape index (κ2) is 6.48. The van der Waals surface area contributed by atoms with Gasteiger partial charge in [0.15, 0.2) is 0 Å². The Labute approximate surface area is 119 Å². The molecule has 1 aromatic carbocycles. The summed E-state index contributed by atoms with van der Waals surface area (Å²) in [6, 6.07) is 2.34. The number of primary amides is 2. The van der Waals surface area contributed by atoms with Gasteiger partial charge in [-0.05, 0) is 18.2 Å². The van der Waals surface area contributed by atoms with Crippen LogP contribution in [0.5, 0.6) is 0 Å². The maximum absolute atomic E-state index is 11.7. The Morgan fingerprint density at radius 1 is 1.05 bits per heavy atom. The van der Waals surface area contributed by atoms with Gasteiger partial charge in [0.1, 0.15) is 0 Å². The topological polar surface area (TPSA) is 179 Å². The lowest BCUT2D eigenvalue weighted by Gasteiger charge is -2.11. The second-order valence-electron chi connectivity index (χ2n) is 4.22. The molecule has 0 heterocycles. The van der Waals surface area contributed by atoms with Gasteiger partial charge in [-0.2, -0.15) is 0 Å². The third kappa shape index (κ3) is 4.58. The molecule has 1 unspecified atom stereocenters. The maximum Gasteiger partial charge on any atom is 0.305 e. The van der Waals surface area contributed by atoms with Crippen molar-refractivity contribution in [2.75, 3.05) is 5.32 Å². The average molecular weight is 294 g/mol. The molecule has 1 aromatic rings. The molecule has 0 aromatic heterocycles. The molecule has 1 rings (SSSR count). The van der Waals surface area contributed by atoms with E-state index in [1.165, 1.54) is 18.2 Å². The van der Waals surface area contributed by atoms with E-state index in [9.17, 15) is 19.2 Å². The average Bonchev–Trinajstić information content (AvgIpc) is 2.37. The Kier molecular flexibility index (Phi) is 4.97. The predicted octanol–water partition coefficient (Wildman–Crippen LogP) is -1.38. The molecule has 0 aliphatic rings. The molecule has 1 atom stereocenters. The number of nitrogens with one attached hydrogen (secondary N) is 1. The summed E-state index contributed by atoms with van der Waals surface area (Å²) in [5.41, 5.74) is 15.6. The number of aliphatic carboxylic acids is 1. The van der Waals surface area contributed by atoms with E-state index in [0.29, 0.717) is 0 Å². The Hall–Kier alpha value is -2.94. The minimum Gasteiger partial charge on any atom is -0.481 e. The zero-order valence-corrected chi connectivity index (χ0v) is 10.8. The minimum atomic E-state index is -1.28. The van der Waals surface area contributed by atoms with E-state index in [2.05, 4.69) is 5.32 Å². The monoisotopic (exact) mass is 294 g/mol. The third-order valence-corrected chi connectivity index (χ3v) is 2.50. The zero-order chi connectivity index (χ0) is 16.2. The van der Waals surface area contributed by atoms with Crippen LogP contribution in [0.3, 0.4) is 0 Å². The first-order valence-corrected chi connectivity index (χ1v) is 5.73. The van der Waals surface area contributed by atoms with Crippen LogP contribution in [0.4, 0.5) is 5.69 Å². The first-order chi connectivity index (χ1) is 9.70. The normalized spacial score (nSPS) is 11.5. The SMILES string of the molecule is NC(=O)c1cc(NC(=O)C(N)CC(=O)O)cc(C(N)=O)c1. The number of anilines is 1. The van der Waals surface area contributed by atoms with Crippen LogP contribution in [0.2, 0.25) is 0 Å². The van der Waals surface area contributed by atoms with Crippen molar-refractivity contribution in [2.45, 2.75) is 12.5 Å². The first kappa shape index (κ1) is 16.1. The number of nitrogens with two attached hydrogens (primary N) is 3. The number of benzene rings is 1. The number of hydrogen-bond donors (Lipinski definition) is 5. The fourth-order valence-electron chi connectivity index (χ4n) is 1.50. The fraction of sp³-hybridized carbons (Fsp3) is 0.167. The van der Waals surface area contributed by atoms with E-state index in [1.807, 2.05) is 0 Å². The summed E-state index contributed by atoms with van der Waals surface area (Å²) in [5, 5.41) is 10.8. The molecule has 0 bridgehead atoms. The molecule has 112 valence electrons. The standard InChI is InChI=1S/C12H14N4O5/c13-8(4-9(17)18)12(21)16-7-2-5(10(14)19)1-6(3-7)11(15)20/h1-3,8H,4,13H2,(H2,14,19)(H2,15,20)(H,16,21)(H,17,18). The molecule has 0 aliphatic heterocycles. The molecular formula is C12H14N4O5. The number of amides is 3. The number of hydrogen-bond acceptors (Lipinski definition) is 5. The van der Waals surface area contributed by atoms with Gasteiger partial charge in [0.05, 0.1) is 12.5 Å². The summed E-state index contributed by atoms with van der Waals surface area (Å²) in [7, 11) is 0. The van der Waals surface area contributed by atoms with Crippen LogP contribution in [0, 0.1) is 0 Å². The molecule has 0 saturated carbocycles. The number of carbonyl (C=O) groups is 4. The Morgan fingerprint density at radius 3 is 1.90 bits per heavy atom. The first-order valence-electron chi connectivity index (χ1n) is 5.73. The lowest BCUT2D eigenvalue weighted by atomic mass is 10.1. The van der Waals surface area contributed by atoms with Crippen LogP contribution < -0.4 is 22.5 Å². The zero-order valence-electron chi connectivity index (χ0n) is 10.8. The Morgan fingerprint density at radius 2 is 1.52 bits per heavy atom. The van der Waals surface area contributed by atoms with Crippen molar-refractivity contribution in [3.8, 4) is 0 Å². The molecule has 21 heavy (non-hydrogen) atoms. The van der Waals surface area contributed by atoms with Gasteiger partial charge < -0.3 is 27.6 Å². The van der Waals surface area contributed by atoms with Crippen molar-refractivity contribution in [2.24, 2.45) is 17.2 Å². The van der Waals surface area contributed by atoms with E-state index in [4.69, 9.17) is 22.3 Å². The smallest absolute Gasteiger partial charge is 0.305 e. The lowest BCUT2D eigenvalue weighted by Crippen LogP contribution is -2.37. The molecular weight excluding hydrogens is 280 g/mol. The molecule has 0 spiro atoms. The van der Waals surface area contributed by atoms with E-state index in [-0.39, 0.29) is 16.8 Å². The quantitative estimate of drug-likeness (QED) is 0.431. The van der Waals surface area contributed by atoms with Gasteiger partial charge in [-0.1, -0.05) is 0 Å². The van der Waals surface area contributed by atoms with Gasteiger partial charge >= 0.3 is 5.97 Å². The van der Waals surface area contributed by atoms with Crippen molar-refractivity contribution in [1.29, 1.82) is 0 Å². The predicted molar refractivity (Wildman–Crippen MR) is 72.3 cm³/mol. The van der Waals surface area contributed by atoms with Crippen LogP contribution >= 0.6 is 0 Å². The van der Waals surface area contributed by atoms with E-state index < -0.39 is 36.2 Å². The molecule has 0 saturated heterocycles. The molecule has 0 aliphatic carbocycles. The van der Waals surface area contributed by atoms with E-state index >= 15 is 0 Å². The van der Waals surface area contributed by atoms with Crippen LogP contribution in [0.15, 0.2) is 18.2 Å². The Bertz CT molecular complexity index is 581. The maximum atomic E-state index is 11.7. The summed E-state index contributed by atoms with van der Waals surface area (Å²) in [4.78, 5) is 44.4. The highest BCUT2D eigenvalue weighted by Crippen LogP contribution is 2.15. The van der Waals surface area contributed by atoms with Gasteiger partial charge in [0.2, 0.25) is 17.7 Å². The van der Waals surface area contributed by atoms with Gasteiger partial charge in [-0.3, -0.25) is 19.2 Å². The molecule has 9 heteroatoms. The van der Waals surface area contributed by atoms with Crippen molar-refractivity contribution in [3.63, 3.8) is 0 Å². The lowest BCUT2D eigenvalue weighted by molar-refractivity contribution is -0.138. The fourth-order valence-corrected chi connectivity index (χ4v) is 1.50. The highest BCUT2D eigenvalue weighted by atomic mass is 16.4. The van der Waals surface area contributed by atoms with Crippen LogP contribution in [-0.2, 0) is 9.59 Å². The highest BCUT2D eigenvalue weighted by molar-refractivity contribution is 6.02. The molecule has 8 N–H and O–H groups in total. The summed E-state index contributed by atoms with van der Waals surface area (Å²) < 4.78 is 0. The van der Waals surface area contributed by atoms with E-state index in [1.54, 1.807) is 0 Å². The summed E-state index contributed by atoms with van der Waals surface area (Å²) in [6.45, 7) is 0. The molecule has 0 fully saturated rings. The van der Waals surface area contributed by atoms with Crippen molar-refractivity contribution in [1.82, 2.24) is 0 Å². The van der Waals surface area contributed by atoms with Crippen LogP contribution in [0.25, 0.3) is 0 Å². The van der Waals surface area contributed by atoms with E-state index in [0.717, 1.165) is 0 Å². The second-order valence-corrected chi connectivity index (χ2v) is 4.22. The molecule has 3 amide bonds. The van der Waals surface area contributed by atoms with Crippen LogP contribution in [0.1, 0.15) is 27.1 Å². The third-order valence-electron chi connectivity index (χ3n) is 2.50. The molecule has 0 radical (unpaired) electrons. The number of carbonyl (C=O) groups excluding carboxylic acids is 3. The van der Waals surface area contributed by atoms with Gasteiger partial charge in [-0.25, -0.2) is 0 Å². The largest absolute Gasteiger partial charge is 0.481 e. The van der Waals surface area contributed by atoms with Crippen molar-refractivity contribution >= 4 is 29.4 Å². The van der Waals surface area contributed by atoms with Gasteiger partial charge in [0, 0.05) is 16.8 Å². The Balaban J connectivity index is 3.02. The minimum absolute atomic E-state index is 0.0339. The summed E-state index contributed by atoms with van der Waals surface area (Å²) in [5.74, 6) is -3.65. The van der Waals surface area contributed by atoms with Crippen LogP contribution in [-0.4, -0.2) is 34.8 Å².